The van der Waals surface area contributed by atoms with Crippen molar-refractivity contribution in [1.82, 2.24) is 0 Å². The molecule has 0 heterocycles. The number of hydrogen-bond donors (Lipinski definition) is 1. The zero-order valence-electron chi connectivity index (χ0n) is 11.1. The SMILES string of the molecule is CC(C)(C)OC(=O)Nc1cc(C=O)c([N+](=O)[O-])cc1F. The van der Waals surface area contributed by atoms with Crippen LogP contribution in [0.5, 0.6) is 0 Å². The van der Waals surface area contributed by atoms with E-state index in [1.807, 2.05) is 0 Å². The molecule has 0 aliphatic rings. The summed E-state index contributed by atoms with van der Waals surface area (Å²) in [5.74, 6) is -1.03. The predicted molar refractivity (Wildman–Crippen MR) is 68.3 cm³/mol. The minimum Gasteiger partial charge on any atom is -0.444 e. The molecule has 0 aliphatic heterocycles. The number of rotatable bonds is 3. The van der Waals surface area contributed by atoms with E-state index in [-0.39, 0.29) is 17.5 Å². The van der Waals surface area contributed by atoms with Crippen molar-refractivity contribution < 1.29 is 23.6 Å². The lowest BCUT2D eigenvalue weighted by atomic mass is 10.1. The summed E-state index contributed by atoms with van der Waals surface area (Å²) < 4.78 is 18.5. The Hall–Kier alpha value is -2.51. The van der Waals surface area contributed by atoms with Gasteiger partial charge in [0, 0.05) is 0 Å². The summed E-state index contributed by atoms with van der Waals surface area (Å²) in [7, 11) is 0. The van der Waals surface area contributed by atoms with Gasteiger partial charge in [-0.15, -0.1) is 0 Å². The molecule has 1 aromatic carbocycles. The highest BCUT2D eigenvalue weighted by molar-refractivity contribution is 5.89. The molecule has 0 unspecified atom stereocenters. The van der Waals surface area contributed by atoms with Gasteiger partial charge < -0.3 is 4.74 Å². The van der Waals surface area contributed by atoms with Crippen molar-refractivity contribution >= 4 is 23.8 Å². The fraction of sp³-hybridized carbons (Fsp3) is 0.333. The molecule has 108 valence electrons. The first-order chi connectivity index (χ1) is 9.14. The lowest BCUT2D eigenvalue weighted by molar-refractivity contribution is -0.385. The molecule has 1 rings (SSSR count). The van der Waals surface area contributed by atoms with Crippen LogP contribution in [-0.4, -0.2) is 22.9 Å². The van der Waals surface area contributed by atoms with E-state index < -0.39 is 28.1 Å². The van der Waals surface area contributed by atoms with Gasteiger partial charge in [0.1, 0.15) is 5.60 Å². The fourth-order valence-electron chi connectivity index (χ4n) is 1.34. The van der Waals surface area contributed by atoms with E-state index in [1.165, 1.54) is 0 Å². The minimum absolute atomic E-state index is 0.206. The van der Waals surface area contributed by atoms with E-state index in [0.717, 1.165) is 6.07 Å². The van der Waals surface area contributed by atoms with E-state index in [9.17, 15) is 24.1 Å². The number of nitrogens with zero attached hydrogens (tertiary/aromatic N) is 1. The molecule has 0 atom stereocenters. The van der Waals surface area contributed by atoms with E-state index >= 15 is 0 Å². The average Bonchev–Trinajstić information content (AvgIpc) is 2.28. The van der Waals surface area contributed by atoms with Crippen molar-refractivity contribution in [2.75, 3.05) is 5.32 Å². The molecule has 0 aliphatic carbocycles. The van der Waals surface area contributed by atoms with Crippen LogP contribution in [0.25, 0.3) is 0 Å². The van der Waals surface area contributed by atoms with Crippen molar-refractivity contribution in [2.24, 2.45) is 0 Å². The number of ether oxygens (including phenoxy) is 1. The Morgan fingerprint density at radius 3 is 2.50 bits per heavy atom. The molecule has 0 bridgehead atoms. The van der Waals surface area contributed by atoms with Gasteiger partial charge in [-0.25, -0.2) is 9.18 Å². The van der Waals surface area contributed by atoms with Crippen LogP contribution in [0.3, 0.4) is 0 Å². The minimum atomic E-state index is -1.03. The highest BCUT2D eigenvalue weighted by Gasteiger charge is 2.21. The number of halogens is 1. The first-order valence-corrected chi connectivity index (χ1v) is 5.57. The molecular formula is C12H13FN2O5. The van der Waals surface area contributed by atoms with E-state index in [2.05, 4.69) is 5.32 Å². The number of amides is 1. The van der Waals surface area contributed by atoms with Gasteiger partial charge in [-0.3, -0.25) is 20.2 Å². The van der Waals surface area contributed by atoms with Crippen molar-refractivity contribution in [3.05, 3.63) is 33.6 Å². The van der Waals surface area contributed by atoms with Crippen LogP contribution < -0.4 is 5.32 Å². The Morgan fingerprint density at radius 1 is 1.45 bits per heavy atom. The summed E-state index contributed by atoms with van der Waals surface area (Å²) in [6, 6.07) is 1.45. The summed E-state index contributed by atoms with van der Waals surface area (Å²) >= 11 is 0. The lowest BCUT2D eigenvalue weighted by Gasteiger charge is -2.19. The van der Waals surface area contributed by atoms with Crippen LogP contribution in [0.2, 0.25) is 0 Å². The average molecular weight is 284 g/mol. The van der Waals surface area contributed by atoms with Gasteiger partial charge >= 0.3 is 6.09 Å². The topological polar surface area (TPSA) is 98.5 Å². The number of nitrogens with one attached hydrogen (secondary N) is 1. The predicted octanol–water partition coefficient (Wildman–Crippen LogP) is 2.89. The van der Waals surface area contributed by atoms with E-state index in [4.69, 9.17) is 4.74 Å². The van der Waals surface area contributed by atoms with Gasteiger partial charge in [0.2, 0.25) is 0 Å². The zero-order chi connectivity index (χ0) is 15.5. The number of nitro groups is 1. The van der Waals surface area contributed by atoms with Crippen molar-refractivity contribution in [1.29, 1.82) is 0 Å². The third-order valence-corrected chi connectivity index (χ3v) is 2.08. The van der Waals surface area contributed by atoms with Crippen molar-refractivity contribution in [2.45, 2.75) is 26.4 Å². The van der Waals surface area contributed by atoms with Gasteiger partial charge in [0.05, 0.1) is 22.2 Å². The summed E-state index contributed by atoms with van der Waals surface area (Å²) in [6.45, 7) is 4.86. The van der Waals surface area contributed by atoms with Gasteiger partial charge in [-0.2, -0.15) is 0 Å². The molecule has 7 nitrogen and oxygen atoms in total. The van der Waals surface area contributed by atoms with Crippen LogP contribution in [0.1, 0.15) is 31.1 Å². The maximum atomic E-state index is 13.6. The van der Waals surface area contributed by atoms with E-state index in [1.54, 1.807) is 20.8 Å². The number of hydrogen-bond acceptors (Lipinski definition) is 5. The molecule has 1 amide bonds. The van der Waals surface area contributed by atoms with Crippen LogP contribution in [0.15, 0.2) is 12.1 Å². The Labute approximate surface area is 113 Å². The number of nitro benzene ring substituents is 1. The van der Waals surface area contributed by atoms with Crippen molar-refractivity contribution in [3.63, 3.8) is 0 Å². The largest absolute Gasteiger partial charge is 0.444 e. The third kappa shape index (κ3) is 4.01. The van der Waals surface area contributed by atoms with Gasteiger partial charge in [-0.1, -0.05) is 0 Å². The van der Waals surface area contributed by atoms with E-state index in [0.29, 0.717) is 6.07 Å². The molecule has 8 heteroatoms. The molecule has 20 heavy (non-hydrogen) atoms. The highest BCUT2D eigenvalue weighted by Crippen LogP contribution is 2.25. The Bertz CT molecular complexity index is 566. The second-order valence-corrected chi connectivity index (χ2v) is 4.89. The zero-order valence-corrected chi connectivity index (χ0v) is 11.1. The molecule has 0 aromatic heterocycles. The number of carbonyl (C=O) groups is 2. The van der Waals surface area contributed by atoms with Gasteiger partial charge in [-0.05, 0) is 26.8 Å². The fourth-order valence-corrected chi connectivity index (χ4v) is 1.34. The van der Waals surface area contributed by atoms with Crippen LogP contribution in [0.4, 0.5) is 20.6 Å². The number of aldehydes is 1. The van der Waals surface area contributed by atoms with Crippen LogP contribution in [-0.2, 0) is 4.74 Å². The second kappa shape index (κ2) is 5.64. The van der Waals surface area contributed by atoms with Crippen molar-refractivity contribution in [3.8, 4) is 0 Å². The maximum Gasteiger partial charge on any atom is 0.412 e. The molecule has 0 saturated heterocycles. The first kappa shape index (κ1) is 15.5. The summed E-state index contributed by atoms with van der Waals surface area (Å²) in [6.07, 6.45) is -0.722. The van der Waals surface area contributed by atoms with Gasteiger partial charge in [0.15, 0.2) is 12.1 Å². The molecular weight excluding hydrogens is 271 g/mol. The summed E-state index contributed by atoms with van der Waals surface area (Å²) in [4.78, 5) is 32.0. The maximum absolute atomic E-state index is 13.6. The number of anilines is 1. The normalized spacial score (nSPS) is 10.8. The molecule has 1 aromatic rings. The molecule has 0 spiro atoms. The second-order valence-electron chi connectivity index (χ2n) is 4.89. The van der Waals surface area contributed by atoms with Gasteiger partial charge in [0.25, 0.3) is 5.69 Å². The molecule has 0 radical (unpaired) electrons. The summed E-state index contributed by atoms with van der Waals surface area (Å²) in [5, 5.41) is 12.7. The lowest BCUT2D eigenvalue weighted by Crippen LogP contribution is -2.27. The Morgan fingerprint density at radius 2 is 2.05 bits per heavy atom. The Kier molecular flexibility index (Phi) is 4.38. The Balaban J connectivity index is 3.05. The van der Waals surface area contributed by atoms with Crippen LogP contribution in [0, 0.1) is 15.9 Å². The first-order valence-electron chi connectivity index (χ1n) is 5.57. The number of carbonyl (C=O) groups excluding carboxylic acids is 2. The molecule has 1 N–H and O–H groups in total. The third-order valence-electron chi connectivity index (χ3n) is 2.08. The highest BCUT2D eigenvalue weighted by atomic mass is 19.1. The summed E-state index contributed by atoms with van der Waals surface area (Å²) in [5.41, 5.74) is -2.17. The molecule has 0 fully saturated rings. The standard InChI is InChI=1S/C12H13FN2O5/c1-12(2,3)20-11(17)14-9-4-7(6-16)10(15(18)19)5-8(9)13/h4-6H,1-3H3,(H,14,17). The monoisotopic (exact) mass is 284 g/mol. The smallest absolute Gasteiger partial charge is 0.412 e. The van der Waals surface area contributed by atoms with Crippen LogP contribution >= 0.6 is 0 Å². The quantitative estimate of drug-likeness (QED) is 0.522. The molecule has 0 saturated carbocycles. The number of benzene rings is 1.